The summed E-state index contributed by atoms with van der Waals surface area (Å²) in [5.41, 5.74) is 5.25. The van der Waals surface area contributed by atoms with Crippen LogP contribution in [-0.2, 0) is 0 Å². The summed E-state index contributed by atoms with van der Waals surface area (Å²) in [6.45, 7) is 0. The Bertz CT molecular complexity index is 1510. The molecule has 0 saturated heterocycles. The monoisotopic (exact) mass is 515 g/mol. The average molecular weight is 516 g/mol. The van der Waals surface area contributed by atoms with E-state index in [9.17, 15) is 0 Å². The Morgan fingerprint density at radius 3 is 2.23 bits per heavy atom. The molecule has 8 heteroatoms. The minimum Gasteiger partial charge on any atom is -0.332 e. The molecule has 0 saturated carbocycles. The Morgan fingerprint density at radius 1 is 0.829 bits per heavy atom. The van der Waals surface area contributed by atoms with Gasteiger partial charge >= 0.3 is 0 Å². The second kappa shape index (κ2) is 10.3. The minimum atomic E-state index is 0.429. The van der Waals surface area contributed by atoms with Gasteiger partial charge in [-0.3, -0.25) is 5.10 Å². The molecule has 0 aliphatic carbocycles. The zero-order valence-corrected chi connectivity index (χ0v) is 20.6. The SMILES string of the molecule is S=C(Nc1ccccc1)Nc1n[nH]c2nc(/C=C/c3ccc(Cl)cc3)cc(-c3ccc(Cl)cc3)c12. The molecule has 0 aliphatic rings. The minimum absolute atomic E-state index is 0.429. The number of aromatic nitrogens is 3. The van der Waals surface area contributed by atoms with Crippen molar-refractivity contribution in [1.82, 2.24) is 15.2 Å². The van der Waals surface area contributed by atoms with Crippen LogP contribution in [0.3, 0.4) is 0 Å². The first-order valence-electron chi connectivity index (χ1n) is 10.8. The molecule has 0 spiro atoms. The number of rotatable bonds is 5. The summed E-state index contributed by atoms with van der Waals surface area (Å²) in [7, 11) is 0. The van der Waals surface area contributed by atoms with Gasteiger partial charge < -0.3 is 10.6 Å². The van der Waals surface area contributed by atoms with Crippen LogP contribution in [0.5, 0.6) is 0 Å². The first-order chi connectivity index (χ1) is 17.0. The van der Waals surface area contributed by atoms with Crippen molar-refractivity contribution < 1.29 is 0 Å². The van der Waals surface area contributed by atoms with Gasteiger partial charge in [-0.1, -0.05) is 71.7 Å². The van der Waals surface area contributed by atoms with Gasteiger partial charge in [-0.15, -0.1) is 0 Å². The van der Waals surface area contributed by atoms with E-state index in [0.717, 1.165) is 33.5 Å². The number of anilines is 2. The molecule has 35 heavy (non-hydrogen) atoms. The zero-order chi connectivity index (χ0) is 24.2. The van der Waals surface area contributed by atoms with Gasteiger partial charge in [0.05, 0.1) is 11.1 Å². The van der Waals surface area contributed by atoms with E-state index < -0.39 is 0 Å². The third-order valence-corrected chi connectivity index (χ3v) is 5.99. The molecular formula is C27H19Cl2N5S. The number of nitrogens with one attached hydrogen (secondary N) is 3. The molecule has 5 rings (SSSR count). The normalized spacial score (nSPS) is 11.1. The van der Waals surface area contributed by atoms with E-state index in [4.69, 9.17) is 40.4 Å². The summed E-state index contributed by atoms with van der Waals surface area (Å²) in [4.78, 5) is 4.76. The van der Waals surface area contributed by atoms with Gasteiger partial charge in [-0.2, -0.15) is 5.10 Å². The second-order valence-corrected chi connectivity index (χ2v) is 9.01. The third kappa shape index (κ3) is 5.52. The van der Waals surface area contributed by atoms with Gasteiger partial charge in [0.2, 0.25) is 0 Å². The van der Waals surface area contributed by atoms with Gasteiger partial charge in [0.15, 0.2) is 16.6 Å². The van der Waals surface area contributed by atoms with Crippen LogP contribution in [0, 0.1) is 0 Å². The Hall–Kier alpha value is -3.71. The van der Waals surface area contributed by atoms with Gasteiger partial charge in [-0.25, -0.2) is 4.98 Å². The number of thiocarbonyl (C=S) groups is 1. The number of fused-ring (bicyclic) bond motifs is 1. The second-order valence-electron chi connectivity index (χ2n) is 7.73. The quantitative estimate of drug-likeness (QED) is 0.207. The van der Waals surface area contributed by atoms with E-state index in [-0.39, 0.29) is 0 Å². The lowest BCUT2D eigenvalue weighted by Gasteiger charge is -2.11. The van der Waals surface area contributed by atoms with Crippen molar-refractivity contribution in [2.75, 3.05) is 10.6 Å². The zero-order valence-electron chi connectivity index (χ0n) is 18.3. The predicted molar refractivity (Wildman–Crippen MR) is 151 cm³/mol. The van der Waals surface area contributed by atoms with Gasteiger partial charge in [0.25, 0.3) is 0 Å². The van der Waals surface area contributed by atoms with E-state index in [1.807, 2.05) is 97.1 Å². The van der Waals surface area contributed by atoms with Crippen molar-refractivity contribution in [3.8, 4) is 11.1 Å². The number of hydrogen-bond donors (Lipinski definition) is 3. The van der Waals surface area contributed by atoms with Crippen LogP contribution in [0.15, 0.2) is 84.9 Å². The molecule has 2 heterocycles. The first kappa shape index (κ1) is 23.1. The number of para-hydroxylation sites is 1. The molecule has 3 N–H and O–H groups in total. The molecule has 0 radical (unpaired) electrons. The summed E-state index contributed by atoms with van der Waals surface area (Å²) in [6.07, 6.45) is 3.95. The number of H-pyrrole nitrogens is 1. The van der Waals surface area contributed by atoms with E-state index in [2.05, 4.69) is 20.8 Å². The standard InChI is InChI=1S/C27H19Cl2N5S/c28-19-11-6-17(7-12-19)8-15-22-16-23(18-9-13-20(29)14-10-18)24-25(30-22)33-34-26(24)32-27(35)31-21-4-2-1-3-5-21/h1-16H,(H3,30,31,32,33,34,35)/b15-8+. The average Bonchev–Trinajstić information content (AvgIpc) is 3.26. The third-order valence-electron chi connectivity index (χ3n) is 5.29. The van der Waals surface area contributed by atoms with E-state index in [1.165, 1.54) is 0 Å². The Kier molecular flexibility index (Phi) is 6.77. The Balaban J connectivity index is 1.53. The van der Waals surface area contributed by atoms with Crippen LogP contribution < -0.4 is 10.6 Å². The molecular weight excluding hydrogens is 497 g/mol. The number of halogens is 2. The number of pyridine rings is 1. The number of hydrogen-bond acceptors (Lipinski definition) is 3. The first-order valence-corrected chi connectivity index (χ1v) is 11.9. The lowest BCUT2D eigenvalue weighted by Crippen LogP contribution is -2.19. The molecule has 0 amide bonds. The highest BCUT2D eigenvalue weighted by Crippen LogP contribution is 2.33. The highest BCUT2D eigenvalue weighted by Gasteiger charge is 2.16. The maximum Gasteiger partial charge on any atom is 0.176 e. The highest BCUT2D eigenvalue weighted by molar-refractivity contribution is 7.80. The van der Waals surface area contributed by atoms with Gasteiger partial charge in [0.1, 0.15) is 0 Å². The van der Waals surface area contributed by atoms with Crippen molar-refractivity contribution in [3.63, 3.8) is 0 Å². The number of benzene rings is 3. The number of aromatic amines is 1. The predicted octanol–water partition coefficient (Wildman–Crippen LogP) is 7.91. The smallest absolute Gasteiger partial charge is 0.176 e. The molecule has 0 aliphatic heterocycles. The lowest BCUT2D eigenvalue weighted by atomic mass is 10.0. The van der Waals surface area contributed by atoms with E-state index in [0.29, 0.717) is 26.6 Å². The number of nitrogens with zero attached hydrogens (tertiary/aromatic N) is 2. The topological polar surface area (TPSA) is 65.6 Å². The van der Waals surface area contributed by atoms with Crippen molar-refractivity contribution in [1.29, 1.82) is 0 Å². The molecule has 0 atom stereocenters. The molecule has 5 nitrogen and oxygen atoms in total. The van der Waals surface area contributed by atoms with Crippen molar-refractivity contribution in [2.45, 2.75) is 0 Å². The van der Waals surface area contributed by atoms with Crippen molar-refractivity contribution in [3.05, 3.63) is 106 Å². The van der Waals surface area contributed by atoms with Crippen molar-refractivity contribution >= 4 is 75.2 Å². The molecule has 172 valence electrons. The van der Waals surface area contributed by atoms with Crippen LogP contribution in [0.1, 0.15) is 11.3 Å². The highest BCUT2D eigenvalue weighted by atomic mass is 35.5. The largest absolute Gasteiger partial charge is 0.332 e. The maximum absolute atomic E-state index is 6.14. The van der Waals surface area contributed by atoms with Crippen molar-refractivity contribution in [2.24, 2.45) is 0 Å². The van der Waals surface area contributed by atoms with Crippen LogP contribution in [0.2, 0.25) is 10.0 Å². The molecule has 0 fully saturated rings. The Labute approximate surface area is 217 Å². The van der Waals surface area contributed by atoms with Crippen LogP contribution in [0.25, 0.3) is 34.3 Å². The fraction of sp³-hybridized carbons (Fsp3) is 0. The molecule has 0 unspecified atom stereocenters. The van der Waals surface area contributed by atoms with Crippen LogP contribution in [-0.4, -0.2) is 20.3 Å². The van der Waals surface area contributed by atoms with Gasteiger partial charge in [0, 0.05) is 15.7 Å². The summed E-state index contributed by atoms with van der Waals surface area (Å²) < 4.78 is 0. The fourth-order valence-electron chi connectivity index (χ4n) is 3.63. The summed E-state index contributed by atoms with van der Waals surface area (Å²) in [5.74, 6) is 0.583. The lowest BCUT2D eigenvalue weighted by molar-refractivity contribution is 1.10. The van der Waals surface area contributed by atoms with Crippen LogP contribution in [0.4, 0.5) is 11.5 Å². The van der Waals surface area contributed by atoms with E-state index in [1.54, 1.807) is 0 Å². The summed E-state index contributed by atoms with van der Waals surface area (Å²) in [5, 5.41) is 16.5. The van der Waals surface area contributed by atoms with Crippen LogP contribution >= 0.6 is 35.4 Å². The van der Waals surface area contributed by atoms with E-state index >= 15 is 0 Å². The fourth-order valence-corrected chi connectivity index (χ4v) is 4.10. The maximum atomic E-state index is 6.14. The molecule has 5 aromatic rings. The molecule has 0 bridgehead atoms. The van der Waals surface area contributed by atoms with Gasteiger partial charge in [-0.05, 0) is 77.4 Å². The summed E-state index contributed by atoms with van der Waals surface area (Å²) >= 11 is 17.7. The Morgan fingerprint density at radius 2 is 1.51 bits per heavy atom. The summed E-state index contributed by atoms with van der Waals surface area (Å²) in [6, 6.07) is 27.0. The molecule has 2 aromatic heterocycles. The molecule has 3 aromatic carbocycles.